The van der Waals surface area contributed by atoms with Gasteiger partial charge in [0.2, 0.25) is 0 Å². The van der Waals surface area contributed by atoms with Crippen LogP contribution >= 0.6 is 0 Å². The number of hydrogen-bond donors (Lipinski definition) is 0. The fourth-order valence-electron chi connectivity index (χ4n) is 11.3. The summed E-state index contributed by atoms with van der Waals surface area (Å²) in [4.78, 5) is 0. The number of aryl methyl sites for hydroxylation is 1. The van der Waals surface area contributed by atoms with Crippen LogP contribution in [0.5, 0.6) is 0 Å². The van der Waals surface area contributed by atoms with E-state index >= 15 is 0 Å². The van der Waals surface area contributed by atoms with Crippen LogP contribution in [0.25, 0.3) is 43.8 Å². The summed E-state index contributed by atoms with van der Waals surface area (Å²) in [5.41, 5.74) is 12.3. The molecule has 0 N–H and O–H groups in total. The zero-order chi connectivity index (χ0) is 37.4. The molecule has 0 aliphatic heterocycles. The van der Waals surface area contributed by atoms with Crippen molar-refractivity contribution in [2.75, 3.05) is 0 Å². The predicted molar refractivity (Wildman–Crippen MR) is 232 cm³/mol. The molecule has 4 heteroatoms. The van der Waals surface area contributed by atoms with Gasteiger partial charge in [-0.2, -0.15) is 12.1 Å². The number of fused-ring (bicyclic) bond motifs is 2. The molecule has 0 nitrogen and oxygen atoms in total. The van der Waals surface area contributed by atoms with Crippen LogP contribution < -0.4 is 24.8 Å². The molecule has 4 bridgehead atoms. The van der Waals surface area contributed by atoms with Gasteiger partial charge in [-0.25, -0.2) is 0 Å². The molecule has 0 atom stereocenters. The maximum atomic E-state index is 2.48. The summed E-state index contributed by atoms with van der Waals surface area (Å²) in [6.07, 6.45) is 15.6. The van der Waals surface area contributed by atoms with Gasteiger partial charge in [-0.05, 0) is 115 Å². The molecular formula is C52H60Cl2SiZr-2. The number of hydrogen-bond acceptors (Lipinski definition) is 0. The van der Waals surface area contributed by atoms with Crippen molar-refractivity contribution in [1.29, 1.82) is 0 Å². The minimum atomic E-state index is 0. The van der Waals surface area contributed by atoms with Gasteiger partial charge in [0.05, 0.1) is 0 Å². The molecule has 0 saturated heterocycles. The molecule has 5 aliphatic carbocycles. The molecule has 292 valence electrons. The van der Waals surface area contributed by atoms with E-state index in [0.717, 1.165) is 30.1 Å². The Hall–Kier alpha value is -2.22. The Labute approximate surface area is 365 Å². The van der Waals surface area contributed by atoms with Crippen LogP contribution in [0.3, 0.4) is 0 Å². The molecule has 5 saturated carbocycles. The second-order valence-corrected chi connectivity index (χ2v) is 27.5. The van der Waals surface area contributed by atoms with E-state index in [1.807, 2.05) is 0 Å². The van der Waals surface area contributed by atoms with Crippen molar-refractivity contribution in [3.05, 3.63) is 131 Å². The van der Waals surface area contributed by atoms with Crippen molar-refractivity contribution < 1.29 is 48.1 Å². The predicted octanol–water partition coefficient (Wildman–Crippen LogP) is 9.05. The van der Waals surface area contributed by atoms with Gasteiger partial charge in [-0.3, -0.25) is 0 Å². The van der Waals surface area contributed by atoms with Crippen LogP contribution in [0.15, 0.2) is 109 Å². The van der Waals surface area contributed by atoms with Crippen molar-refractivity contribution in [3.8, 4) is 22.3 Å². The molecule has 0 aromatic heterocycles. The SMILES string of the molecule is CC(C)c1ccc(-c2cccc3[cH-]c(C4CCCC4)cc23)cc1.CCc1cc2c(-c3ccc(C45CC6CC(CC(C6)C4)C5)cc3)cccc2[cH-]1.C[Si](C)=[Zr+2].[Cl-].[Cl-]. The van der Waals surface area contributed by atoms with Gasteiger partial charge >= 0.3 is 41.9 Å². The third-order valence-electron chi connectivity index (χ3n) is 13.6. The van der Waals surface area contributed by atoms with Gasteiger partial charge in [0.1, 0.15) is 0 Å². The van der Waals surface area contributed by atoms with Crippen LogP contribution in [-0.4, -0.2) is 5.43 Å². The largest absolute Gasteiger partial charge is 1.00 e. The second kappa shape index (κ2) is 18.8. The van der Waals surface area contributed by atoms with Crippen molar-refractivity contribution in [2.24, 2.45) is 17.8 Å². The first-order chi connectivity index (χ1) is 26.2. The van der Waals surface area contributed by atoms with E-state index in [1.54, 1.807) is 34.5 Å². The van der Waals surface area contributed by atoms with E-state index in [0.29, 0.717) is 11.3 Å². The van der Waals surface area contributed by atoms with E-state index in [1.165, 1.54) is 119 Å². The summed E-state index contributed by atoms with van der Waals surface area (Å²) < 4.78 is 0. The molecule has 56 heavy (non-hydrogen) atoms. The summed E-state index contributed by atoms with van der Waals surface area (Å²) in [7, 11) is 0. The Bertz CT molecular complexity index is 2170. The third-order valence-corrected chi connectivity index (χ3v) is 13.6. The fourth-order valence-corrected chi connectivity index (χ4v) is 11.3. The number of benzene rings is 4. The van der Waals surface area contributed by atoms with Gasteiger partial charge in [-0.15, -0.1) is 69.1 Å². The quantitative estimate of drug-likeness (QED) is 0.116. The molecule has 5 fully saturated rings. The first-order valence-electron chi connectivity index (χ1n) is 21.3. The molecule has 0 amide bonds. The molecule has 0 heterocycles. The average Bonchev–Trinajstić information content (AvgIpc) is 3.94. The topological polar surface area (TPSA) is 0 Å². The van der Waals surface area contributed by atoms with Gasteiger partial charge in [-0.1, -0.05) is 105 Å². The summed E-state index contributed by atoms with van der Waals surface area (Å²) in [6.45, 7) is 11.4. The molecule has 5 aliphatic rings. The van der Waals surface area contributed by atoms with Crippen molar-refractivity contribution in [3.63, 3.8) is 0 Å². The number of halogens is 2. The first kappa shape index (κ1) is 43.4. The maximum absolute atomic E-state index is 2.48. The molecule has 11 rings (SSSR count). The van der Waals surface area contributed by atoms with Gasteiger partial charge < -0.3 is 24.8 Å². The van der Waals surface area contributed by atoms with Gasteiger partial charge in [0.25, 0.3) is 0 Å². The standard InChI is InChI=1S/C27H29.C23H25.C2H6Si.2ClH.Zr/c1-2-18-13-23-4-3-5-25(26(23)14-18)22-6-8-24(9-7-22)27-15-19-10-20(16-27)12-21(11-19)17-27;1-16(2)17-10-12-19(13-11-17)22-9-5-8-20-14-21(15-23(20)22)18-6-3-4-7-18;1-3-2;;;/h3-9,13-14,19-21H,2,10-12,15-17H2,1H3;5,8-16,18H,3-4,6-7H2,1-2H3;1-2H3;2*1H;/q2*-1;;;;+2/p-2. The molecule has 6 aromatic carbocycles. The van der Waals surface area contributed by atoms with E-state index in [9.17, 15) is 0 Å². The van der Waals surface area contributed by atoms with E-state index in [2.05, 4.69) is 143 Å². The Morgan fingerprint density at radius 2 is 1.16 bits per heavy atom. The Balaban J connectivity index is 0.000000170. The van der Waals surface area contributed by atoms with Crippen LogP contribution in [0.4, 0.5) is 0 Å². The zero-order valence-corrected chi connectivity index (χ0v) is 39.3. The fraction of sp³-hybridized carbons (Fsp3) is 0.423. The first-order valence-corrected chi connectivity index (χ1v) is 27.5. The smallest absolute Gasteiger partial charge is 1.00 e. The Morgan fingerprint density at radius 3 is 1.66 bits per heavy atom. The van der Waals surface area contributed by atoms with E-state index in [-0.39, 0.29) is 30.2 Å². The molecule has 0 spiro atoms. The minimum absolute atomic E-state index is 0. The summed E-state index contributed by atoms with van der Waals surface area (Å²) in [5.74, 6) is 4.43. The molecular weight excluding hydrogens is 815 g/mol. The summed E-state index contributed by atoms with van der Waals surface area (Å²) >= 11 is 1.74. The zero-order valence-electron chi connectivity index (χ0n) is 34.3. The Morgan fingerprint density at radius 1 is 0.679 bits per heavy atom. The second-order valence-electron chi connectivity index (χ2n) is 18.2. The maximum Gasteiger partial charge on any atom is -1.00 e. The van der Waals surface area contributed by atoms with Crippen LogP contribution in [0.2, 0.25) is 13.1 Å². The Kier molecular flexibility index (Phi) is 14.6. The average molecular weight is 875 g/mol. The van der Waals surface area contributed by atoms with Crippen molar-refractivity contribution in [2.45, 2.75) is 122 Å². The van der Waals surface area contributed by atoms with Gasteiger partial charge in [0.15, 0.2) is 0 Å². The van der Waals surface area contributed by atoms with Crippen LogP contribution in [-0.2, 0) is 35.2 Å². The monoisotopic (exact) mass is 872 g/mol. The van der Waals surface area contributed by atoms with Gasteiger partial charge in [0, 0.05) is 0 Å². The normalized spacial score (nSPS) is 22.2. The van der Waals surface area contributed by atoms with E-state index < -0.39 is 0 Å². The number of rotatable bonds is 6. The van der Waals surface area contributed by atoms with Crippen LogP contribution in [0, 0.1) is 17.8 Å². The molecule has 0 unspecified atom stereocenters. The molecule has 6 aromatic rings. The van der Waals surface area contributed by atoms with Crippen molar-refractivity contribution >= 4 is 27.0 Å². The summed E-state index contributed by atoms with van der Waals surface area (Å²) in [5, 5.41) is 5.62. The third kappa shape index (κ3) is 9.31. The van der Waals surface area contributed by atoms with E-state index in [4.69, 9.17) is 0 Å². The van der Waals surface area contributed by atoms with Crippen molar-refractivity contribution in [1.82, 2.24) is 0 Å². The summed E-state index contributed by atoms with van der Waals surface area (Å²) in [6, 6.07) is 42.0. The molecule has 0 radical (unpaired) electrons. The van der Waals surface area contributed by atoms with Crippen LogP contribution in [0.1, 0.15) is 119 Å². The minimum Gasteiger partial charge on any atom is -1.00 e.